The molecule has 7 nitrogen and oxygen atoms in total. The Morgan fingerprint density at radius 1 is 1.19 bits per heavy atom. The Kier molecular flexibility index (Phi) is 12.6. The number of aryl methyl sites for hydroxylation is 1. The molecule has 1 rings (SSSR count). The van der Waals surface area contributed by atoms with Gasteiger partial charge in [-0.25, -0.2) is 9.59 Å². The van der Waals surface area contributed by atoms with E-state index in [1.54, 1.807) is 0 Å². The molecule has 0 saturated carbocycles. The van der Waals surface area contributed by atoms with Gasteiger partial charge in [-0.05, 0) is 30.0 Å². The minimum absolute atomic E-state index is 0.519. The quantitative estimate of drug-likeness (QED) is 0.331. The fourth-order valence-electron chi connectivity index (χ4n) is 1.79. The number of carboxylic acid groups (broad SMARTS) is 2. The molecule has 0 aliphatic rings. The summed E-state index contributed by atoms with van der Waals surface area (Å²) in [4.78, 5) is 18.2. The van der Waals surface area contributed by atoms with E-state index in [9.17, 15) is 0 Å². The second kappa shape index (κ2) is 13.9. The maximum absolute atomic E-state index is 9.10. The largest absolute Gasteiger partial charge is 0.491 e. The molecule has 0 unspecified atom stereocenters. The van der Waals surface area contributed by atoms with Gasteiger partial charge in [0.2, 0.25) is 0 Å². The molecule has 3 N–H and O–H groups in total. The number of benzene rings is 1. The minimum atomic E-state index is -1.82. The van der Waals surface area contributed by atoms with E-state index in [-0.39, 0.29) is 0 Å². The predicted molar refractivity (Wildman–Crippen MR) is 99.9 cm³/mol. The van der Waals surface area contributed by atoms with E-state index in [2.05, 4.69) is 50.9 Å². The first kappa shape index (κ1) is 23.6. The van der Waals surface area contributed by atoms with Crippen LogP contribution >= 0.6 is 0 Å². The van der Waals surface area contributed by atoms with E-state index in [0.717, 1.165) is 18.8 Å². The van der Waals surface area contributed by atoms with Crippen LogP contribution in [0.15, 0.2) is 30.9 Å². The molecule has 7 heteroatoms. The van der Waals surface area contributed by atoms with Crippen molar-refractivity contribution in [3.63, 3.8) is 0 Å². The normalized spacial score (nSPS) is 10.0. The summed E-state index contributed by atoms with van der Waals surface area (Å²) in [5, 5.41) is 18.0. The Morgan fingerprint density at radius 3 is 2.38 bits per heavy atom. The summed E-state index contributed by atoms with van der Waals surface area (Å²) in [7, 11) is 0. The fraction of sp³-hybridized carbons (Fsp3) is 0.474. The Bertz CT molecular complexity index is 559. The predicted octanol–water partition coefficient (Wildman–Crippen LogP) is 2.45. The Labute approximate surface area is 154 Å². The average molecular weight is 367 g/mol. The molecular weight excluding hydrogens is 338 g/mol. The fourth-order valence-corrected chi connectivity index (χ4v) is 1.79. The van der Waals surface area contributed by atoms with Gasteiger partial charge in [-0.15, -0.1) is 6.58 Å². The number of carbonyl (C=O) groups is 2. The molecule has 146 valence electrons. The van der Waals surface area contributed by atoms with Crippen molar-refractivity contribution in [2.75, 3.05) is 32.9 Å². The maximum atomic E-state index is 9.10. The number of carboxylic acids is 2. The first-order valence-corrected chi connectivity index (χ1v) is 8.38. The summed E-state index contributed by atoms with van der Waals surface area (Å²) in [6, 6.07) is 6.41. The summed E-state index contributed by atoms with van der Waals surface area (Å²) < 4.78 is 11.3. The third kappa shape index (κ3) is 11.2. The molecule has 0 amide bonds. The zero-order valence-electron chi connectivity index (χ0n) is 15.7. The van der Waals surface area contributed by atoms with Gasteiger partial charge in [-0.1, -0.05) is 32.1 Å². The van der Waals surface area contributed by atoms with Gasteiger partial charge >= 0.3 is 11.9 Å². The molecule has 0 fully saturated rings. The van der Waals surface area contributed by atoms with Gasteiger partial charge in [0.1, 0.15) is 12.4 Å². The summed E-state index contributed by atoms with van der Waals surface area (Å²) in [6.07, 6.45) is 1.84. The molecule has 26 heavy (non-hydrogen) atoms. The number of nitrogens with one attached hydrogen (secondary N) is 1. The lowest BCUT2D eigenvalue weighted by Crippen LogP contribution is -2.20. The summed E-state index contributed by atoms with van der Waals surface area (Å²) >= 11 is 0. The third-order valence-electron chi connectivity index (χ3n) is 3.26. The monoisotopic (exact) mass is 367 g/mol. The number of ether oxygens (including phenoxy) is 2. The molecule has 1 aromatic carbocycles. The average Bonchev–Trinajstić information content (AvgIpc) is 2.59. The van der Waals surface area contributed by atoms with Crippen molar-refractivity contribution in [1.82, 2.24) is 5.32 Å². The Hall–Kier alpha value is -2.38. The lowest BCUT2D eigenvalue weighted by atomic mass is 10.0. The maximum Gasteiger partial charge on any atom is 0.414 e. The highest BCUT2D eigenvalue weighted by Crippen LogP contribution is 2.24. The first-order valence-electron chi connectivity index (χ1n) is 8.38. The summed E-state index contributed by atoms with van der Waals surface area (Å²) in [5.74, 6) is -2.17. The standard InChI is InChI=1S/C17H27NO2.C2H2O4/c1-5-8-18-9-10-19-11-12-20-17-13-16(14(2)3)7-6-15(17)4;3-1(4)2(5)6/h5-7,13-14,18H,1,8-12H2,2-4H3;(H,3,4)(H,5,6). The van der Waals surface area contributed by atoms with E-state index in [4.69, 9.17) is 29.3 Å². The topological polar surface area (TPSA) is 105 Å². The van der Waals surface area contributed by atoms with Crippen molar-refractivity contribution < 1.29 is 29.3 Å². The lowest BCUT2D eigenvalue weighted by molar-refractivity contribution is -0.159. The molecule has 0 atom stereocenters. The van der Waals surface area contributed by atoms with Crippen molar-refractivity contribution >= 4 is 11.9 Å². The number of hydrogen-bond acceptors (Lipinski definition) is 5. The zero-order valence-corrected chi connectivity index (χ0v) is 15.7. The zero-order chi connectivity index (χ0) is 19.9. The highest BCUT2D eigenvalue weighted by Gasteiger charge is 2.05. The van der Waals surface area contributed by atoms with E-state index in [1.807, 2.05) is 6.08 Å². The highest BCUT2D eigenvalue weighted by atomic mass is 16.5. The van der Waals surface area contributed by atoms with Crippen LogP contribution in [0.5, 0.6) is 5.75 Å². The molecule has 0 heterocycles. The van der Waals surface area contributed by atoms with Gasteiger partial charge in [-0.2, -0.15) is 0 Å². The highest BCUT2D eigenvalue weighted by molar-refractivity contribution is 6.27. The van der Waals surface area contributed by atoms with Crippen LogP contribution in [0.1, 0.15) is 30.9 Å². The number of aliphatic carboxylic acids is 2. The van der Waals surface area contributed by atoms with E-state index in [0.29, 0.717) is 25.7 Å². The van der Waals surface area contributed by atoms with Gasteiger partial charge in [0.05, 0.1) is 13.2 Å². The van der Waals surface area contributed by atoms with Crippen LogP contribution in [-0.4, -0.2) is 55.1 Å². The number of rotatable bonds is 10. The van der Waals surface area contributed by atoms with Gasteiger partial charge in [0.25, 0.3) is 0 Å². The Balaban J connectivity index is 0.000000896. The van der Waals surface area contributed by atoms with Gasteiger partial charge in [-0.3, -0.25) is 0 Å². The molecule has 0 radical (unpaired) electrons. The smallest absolute Gasteiger partial charge is 0.414 e. The molecule has 0 aliphatic heterocycles. The molecule has 0 saturated heterocycles. The second-order valence-electron chi connectivity index (χ2n) is 5.74. The van der Waals surface area contributed by atoms with Crippen LogP contribution in [-0.2, 0) is 14.3 Å². The van der Waals surface area contributed by atoms with Gasteiger partial charge in [0.15, 0.2) is 0 Å². The van der Waals surface area contributed by atoms with Crippen LogP contribution in [0.4, 0.5) is 0 Å². The van der Waals surface area contributed by atoms with Crippen molar-refractivity contribution in [2.45, 2.75) is 26.7 Å². The van der Waals surface area contributed by atoms with Crippen molar-refractivity contribution in [3.05, 3.63) is 42.0 Å². The van der Waals surface area contributed by atoms with Crippen LogP contribution in [0.2, 0.25) is 0 Å². The van der Waals surface area contributed by atoms with E-state index < -0.39 is 11.9 Å². The Morgan fingerprint density at radius 2 is 1.85 bits per heavy atom. The molecular formula is C19H29NO6. The molecule has 0 bridgehead atoms. The van der Waals surface area contributed by atoms with Gasteiger partial charge in [0, 0.05) is 13.1 Å². The van der Waals surface area contributed by atoms with E-state index in [1.165, 1.54) is 11.1 Å². The van der Waals surface area contributed by atoms with Crippen LogP contribution in [0, 0.1) is 6.92 Å². The molecule has 0 aliphatic carbocycles. The molecule has 0 aromatic heterocycles. The molecule has 1 aromatic rings. The van der Waals surface area contributed by atoms with Crippen molar-refractivity contribution in [2.24, 2.45) is 0 Å². The number of hydrogen-bond donors (Lipinski definition) is 3. The van der Waals surface area contributed by atoms with Crippen LogP contribution in [0.3, 0.4) is 0 Å². The first-order chi connectivity index (χ1) is 12.3. The SMILES string of the molecule is C=CCNCCOCCOc1cc(C(C)C)ccc1C.O=C(O)C(=O)O. The lowest BCUT2D eigenvalue weighted by Gasteiger charge is -2.13. The van der Waals surface area contributed by atoms with Gasteiger partial charge < -0.3 is 25.0 Å². The minimum Gasteiger partial charge on any atom is -0.491 e. The van der Waals surface area contributed by atoms with E-state index >= 15 is 0 Å². The third-order valence-corrected chi connectivity index (χ3v) is 3.26. The van der Waals surface area contributed by atoms with Crippen LogP contribution < -0.4 is 10.1 Å². The molecule has 0 spiro atoms. The summed E-state index contributed by atoms with van der Waals surface area (Å²) in [5.41, 5.74) is 2.47. The summed E-state index contributed by atoms with van der Waals surface area (Å²) in [6.45, 7) is 13.6. The second-order valence-corrected chi connectivity index (χ2v) is 5.74. The van der Waals surface area contributed by atoms with Crippen LogP contribution in [0.25, 0.3) is 0 Å². The van der Waals surface area contributed by atoms with Crippen molar-refractivity contribution in [1.29, 1.82) is 0 Å². The van der Waals surface area contributed by atoms with Crippen molar-refractivity contribution in [3.8, 4) is 5.75 Å².